The van der Waals surface area contributed by atoms with Gasteiger partial charge in [0.05, 0.1) is 0 Å². The van der Waals surface area contributed by atoms with Gasteiger partial charge in [0.25, 0.3) is 5.95 Å². The van der Waals surface area contributed by atoms with Crippen LogP contribution in [-0.4, -0.2) is 0 Å². The Morgan fingerprint density at radius 3 is 2.71 bits per heavy atom. The first-order chi connectivity index (χ1) is 8.42. The Morgan fingerprint density at radius 2 is 1.71 bits per heavy atom. The van der Waals surface area contributed by atoms with Gasteiger partial charge in [0.2, 0.25) is 0 Å². The van der Waals surface area contributed by atoms with E-state index in [9.17, 15) is 0 Å². The first-order valence-corrected chi connectivity index (χ1v) is 5.68. The summed E-state index contributed by atoms with van der Waals surface area (Å²) in [5, 5.41) is 1.15. The minimum absolute atomic E-state index is 0.643. The summed E-state index contributed by atoms with van der Waals surface area (Å²) in [4.78, 5) is 0. The predicted octanol–water partition coefficient (Wildman–Crippen LogP) is 4.13. The van der Waals surface area contributed by atoms with E-state index in [1.807, 2.05) is 36.4 Å². The van der Waals surface area contributed by atoms with Gasteiger partial charge in [0.1, 0.15) is 11.3 Å². The molecule has 3 aromatic rings. The molecular weight excluding hydrogens is 212 g/mol. The molecule has 2 heteroatoms. The zero-order valence-electron chi connectivity index (χ0n) is 9.14. The molecule has 17 heavy (non-hydrogen) atoms. The highest BCUT2D eigenvalue weighted by molar-refractivity contribution is 5.84. The molecule has 2 heterocycles. The summed E-state index contributed by atoms with van der Waals surface area (Å²) in [5.74, 6) is 1.55. The van der Waals surface area contributed by atoms with E-state index in [0.29, 0.717) is 5.95 Å². The molecule has 0 unspecified atom stereocenters. The Morgan fingerprint density at radius 1 is 0.882 bits per heavy atom. The van der Waals surface area contributed by atoms with Crippen LogP contribution in [0.25, 0.3) is 11.0 Å². The molecule has 0 saturated heterocycles. The zero-order valence-corrected chi connectivity index (χ0v) is 9.14. The van der Waals surface area contributed by atoms with E-state index in [-0.39, 0.29) is 0 Å². The Hall–Kier alpha value is -2.22. The van der Waals surface area contributed by atoms with Gasteiger partial charge in [-0.3, -0.25) is 0 Å². The third-order valence-corrected chi connectivity index (χ3v) is 3.20. The van der Waals surface area contributed by atoms with Crippen LogP contribution in [0.4, 0.5) is 0 Å². The summed E-state index contributed by atoms with van der Waals surface area (Å²) in [6.45, 7) is 0. The largest absolute Gasteiger partial charge is 0.425 e. The second-order valence-corrected chi connectivity index (χ2v) is 4.25. The van der Waals surface area contributed by atoms with Gasteiger partial charge in [-0.15, -0.1) is 0 Å². The monoisotopic (exact) mass is 222 g/mol. The van der Waals surface area contributed by atoms with E-state index in [0.717, 1.165) is 28.7 Å². The maximum Gasteiger partial charge on any atom is 0.294 e. The van der Waals surface area contributed by atoms with Crippen molar-refractivity contribution in [3.63, 3.8) is 0 Å². The van der Waals surface area contributed by atoms with Crippen LogP contribution in [0.3, 0.4) is 0 Å². The van der Waals surface area contributed by atoms with Gasteiger partial charge in [-0.1, -0.05) is 36.4 Å². The lowest BCUT2D eigenvalue weighted by Gasteiger charge is -2.15. The number of fused-ring (bicyclic) bond motifs is 4. The number of furan rings is 1. The fraction of sp³-hybridized carbons (Fsp3) is 0.0667. The third-order valence-electron chi connectivity index (χ3n) is 3.20. The van der Waals surface area contributed by atoms with Crippen molar-refractivity contribution < 1.29 is 9.15 Å². The Bertz CT molecular complexity index is 710. The van der Waals surface area contributed by atoms with Crippen LogP contribution in [0.2, 0.25) is 0 Å². The van der Waals surface area contributed by atoms with Crippen LogP contribution in [0.15, 0.2) is 52.9 Å². The fourth-order valence-electron chi connectivity index (χ4n) is 2.37. The minimum Gasteiger partial charge on any atom is -0.425 e. The first-order valence-electron chi connectivity index (χ1n) is 5.68. The second-order valence-electron chi connectivity index (χ2n) is 4.25. The highest BCUT2D eigenvalue weighted by Gasteiger charge is 2.22. The van der Waals surface area contributed by atoms with Crippen LogP contribution in [0.1, 0.15) is 11.1 Å². The molecule has 0 atom stereocenters. The van der Waals surface area contributed by atoms with Crippen molar-refractivity contribution in [1.29, 1.82) is 0 Å². The van der Waals surface area contributed by atoms with Gasteiger partial charge in [0.15, 0.2) is 0 Å². The molecule has 0 aliphatic carbocycles. The molecule has 0 spiro atoms. The van der Waals surface area contributed by atoms with Gasteiger partial charge in [-0.25, -0.2) is 0 Å². The molecular formula is C15H10O2. The molecule has 4 rings (SSSR count). The molecule has 0 bridgehead atoms. The lowest BCUT2D eigenvalue weighted by molar-refractivity contribution is 0.346. The molecule has 2 aromatic carbocycles. The van der Waals surface area contributed by atoms with Gasteiger partial charge >= 0.3 is 0 Å². The minimum atomic E-state index is 0.643. The lowest BCUT2D eigenvalue weighted by Crippen LogP contribution is -2.00. The summed E-state index contributed by atoms with van der Waals surface area (Å²) >= 11 is 0. The van der Waals surface area contributed by atoms with Gasteiger partial charge in [0, 0.05) is 17.4 Å². The average Bonchev–Trinajstić information content (AvgIpc) is 2.73. The lowest BCUT2D eigenvalue weighted by atomic mass is 10.0. The van der Waals surface area contributed by atoms with E-state index in [1.54, 1.807) is 0 Å². The topological polar surface area (TPSA) is 22.4 Å². The van der Waals surface area contributed by atoms with E-state index < -0.39 is 0 Å². The summed E-state index contributed by atoms with van der Waals surface area (Å²) in [5.41, 5.74) is 3.26. The van der Waals surface area contributed by atoms with E-state index in [1.165, 1.54) is 5.56 Å². The van der Waals surface area contributed by atoms with Gasteiger partial charge in [-0.2, -0.15) is 0 Å². The highest BCUT2D eigenvalue weighted by Crippen LogP contribution is 2.41. The second kappa shape index (κ2) is 3.14. The Kier molecular flexibility index (Phi) is 1.64. The first kappa shape index (κ1) is 8.88. The van der Waals surface area contributed by atoms with Crippen molar-refractivity contribution in [2.24, 2.45) is 0 Å². The predicted molar refractivity (Wildman–Crippen MR) is 65.5 cm³/mol. The molecule has 1 aromatic heterocycles. The van der Waals surface area contributed by atoms with Gasteiger partial charge < -0.3 is 9.15 Å². The number of ether oxygens (including phenoxy) is 1. The summed E-state index contributed by atoms with van der Waals surface area (Å²) in [6.07, 6.45) is 0.877. The van der Waals surface area contributed by atoms with Crippen LogP contribution < -0.4 is 4.74 Å². The summed E-state index contributed by atoms with van der Waals surface area (Å²) in [7, 11) is 0. The van der Waals surface area contributed by atoms with Crippen molar-refractivity contribution in [1.82, 2.24) is 0 Å². The van der Waals surface area contributed by atoms with Crippen LogP contribution in [0, 0.1) is 0 Å². The summed E-state index contributed by atoms with van der Waals surface area (Å²) in [6, 6.07) is 16.1. The number of hydrogen-bond acceptors (Lipinski definition) is 2. The van der Waals surface area contributed by atoms with Crippen molar-refractivity contribution in [2.45, 2.75) is 6.42 Å². The molecule has 0 saturated carbocycles. The zero-order chi connectivity index (χ0) is 11.2. The molecule has 0 amide bonds. The van der Waals surface area contributed by atoms with Crippen molar-refractivity contribution in [2.75, 3.05) is 0 Å². The van der Waals surface area contributed by atoms with E-state index in [4.69, 9.17) is 9.15 Å². The van der Waals surface area contributed by atoms with Crippen LogP contribution >= 0.6 is 0 Å². The smallest absolute Gasteiger partial charge is 0.294 e. The molecule has 1 aliphatic rings. The number of rotatable bonds is 0. The molecule has 0 fully saturated rings. The maximum atomic E-state index is 5.80. The van der Waals surface area contributed by atoms with Crippen LogP contribution in [0.5, 0.6) is 11.7 Å². The molecule has 2 nitrogen and oxygen atoms in total. The molecule has 0 radical (unpaired) electrons. The van der Waals surface area contributed by atoms with Crippen LogP contribution in [-0.2, 0) is 6.42 Å². The quantitative estimate of drug-likeness (QED) is 0.446. The summed E-state index contributed by atoms with van der Waals surface area (Å²) < 4.78 is 11.5. The Labute approximate surface area is 98.4 Å². The van der Waals surface area contributed by atoms with E-state index >= 15 is 0 Å². The molecule has 82 valence electrons. The van der Waals surface area contributed by atoms with Crippen molar-refractivity contribution in [3.8, 4) is 11.7 Å². The number of hydrogen-bond donors (Lipinski definition) is 0. The maximum absolute atomic E-state index is 5.80. The normalized spacial score (nSPS) is 12.9. The average molecular weight is 222 g/mol. The van der Waals surface area contributed by atoms with Crippen molar-refractivity contribution in [3.05, 3.63) is 59.7 Å². The van der Waals surface area contributed by atoms with Gasteiger partial charge in [-0.05, 0) is 17.7 Å². The standard InChI is InChI=1S/C15H10O2/c1-3-7-13-10(5-1)9-12-11-6-2-4-8-14(11)17-15(12)16-13/h1-8H,9H2. The SMILES string of the molecule is c1ccc2c(c1)Cc1c(oc3ccccc13)O2. The fourth-order valence-corrected chi connectivity index (χ4v) is 2.37. The molecule has 0 N–H and O–H groups in total. The van der Waals surface area contributed by atoms with Crippen molar-refractivity contribution >= 4 is 11.0 Å². The number of para-hydroxylation sites is 2. The van der Waals surface area contributed by atoms with E-state index in [2.05, 4.69) is 12.1 Å². The number of benzene rings is 2. The highest BCUT2D eigenvalue weighted by atomic mass is 16.6. The molecule has 1 aliphatic heterocycles. The third kappa shape index (κ3) is 1.21. The Balaban J connectivity index is 1.97.